The Kier molecular flexibility index (Phi) is 2.90. The normalized spacial score (nSPS) is 24.7. The van der Waals surface area contributed by atoms with Crippen LogP contribution < -0.4 is 5.73 Å². The molecular weight excluding hydrogens is 270 g/mol. The number of nitrogens with zero attached hydrogens (tertiary/aromatic N) is 2. The largest absolute Gasteiger partial charge is 0.368 e. The Morgan fingerprint density at radius 3 is 2.88 bits per heavy atom. The Hall–Kier alpha value is -1.07. The zero-order valence-electron chi connectivity index (χ0n) is 9.27. The van der Waals surface area contributed by atoms with Gasteiger partial charge >= 0.3 is 0 Å². The molecule has 1 aromatic carbocycles. The molecule has 0 fully saturated rings. The summed E-state index contributed by atoms with van der Waals surface area (Å²) < 4.78 is 1.04. The lowest BCUT2D eigenvalue weighted by Gasteiger charge is -2.22. The molecule has 1 atom stereocenters. The second-order valence-electron chi connectivity index (χ2n) is 3.97. The molecule has 0 spiro atoms. The first-order valence-corrected chi connectivity index (χ1v) is 5.77. The molecule has 1 heterocycles. The molecular formula is C11H14BrN3O. The molecule has 0 radical (unpaired) electrons. The summed E-state index contributed by atoms with van der Waals surface area (Å²) in [5.41, 5.74) is 6.55. The lowest BCUT2D eigenvalue weighted by Crippen LogP contribution is -2.35. The van der Waals surface area contributed by atoms with Crippen LogP contribution in [0.1, 0.15) is 12.5 Å². The Bertz CT molecular complexity index is 435. The van der Waals surface area contributed by atoms with Crippen molar-refractivity contribution in [1.82, 2.24) is 5.06 Å². The zero-order chi connectivity index (χ0) is 11.8. The van der Waals surface area contributed by atoms with Crippen molar-refractivity contribution in [3.8, 4) is 0 Å². The summed E-state index contributed by atoms with van der Waals surface area (Å²) in [4.78, 5) is 9.59. The van der Waals surface area contributed by atoms with Crippen LogP contribution >= 0.6 is 15.9 Å². The van der Waals surface area contributed by atoms with Crippen LogP contribution in [-0.2, 0) is 10.4 Å². The van der Waals surface area contributed by atoms with Crippen molar-refractivity contribution in [3.63, 3.8) is 0 Å². The van der Waals surface area contributed by atoms with Crippen molar-refractivity contribution in [2.75, 3.05) is 13.7 Å². The number of halogens is 1. The third kappa shape index (κ3) is 1.92. The highest BCUT2D eigenvalue weighted by molar-refractivity contribution is 9.10. The van der Waals surface area contributed by atoms with Crippen molar-refractivity contribution in [2.24, 2.45) is 10.7 Å². The SMILES string of the molecule is CON1CC(C)(c2cccc(Br)c2)N=C1N. The molecule has 1 aliphatic rings. The maximum Gasteiger partial charge on any atom is 0.216 e. The van der Waals surface area contributed by atoms with E-state index in [-0.39, 0.29) is 5.54 Å². The molecule has 1 unspecified atom stereocenters. The molecule has 0 bridgehead atoms. The summed E-state index contributed by atoms with van der Waals surface area (Å²) in [6.07, 6.45) is 0. The minimum atomic E-state index is -0.343. The fourth-order valence-corrected chi connectivity index (χ4v) is 2.24. The quantitative estimate of drug-likeness (QED) is 0.901. The molecule has 2 rings (SSSR count). The van der Waals surface area contributed by atoms with E-state index in [4.69, 9.17) is 10.6 Å². The van der Waals surface area contributed by atoms with Crippen molar-refractivity contribution < 1.29 is 4.84 Å². The van der Waals surface area contributed by atoms with Gasteiger partial charge in [-0.05, 0) is 24.6 Å². The highest BCUT2D eigenvalue weighted by Crippen LogP contribution is 2.32. The van der Waals surface area contributed by atoms with Gasteiger partial charge in [-0.15, -0.1) is 0 Å². The predicted molar refractivity (Wildman–Crippen MR) is 66.8 cm³/mol. The fraction of sp³-hybridized carbons (Fsp3) is 0.364. The number of hydroxylamine groups is 2. The van der Waals surface area contributed by atoms with Crippen LogP contribution in [0.3, 0.4) is 0 Å². The second-order valence-corrected chi connectivity index (χ2v) is 4.89. The number of aliphatic imine (C=N–C) groups is 1. The average Bonchev–Trinajstić information content (AvgIpc) is 2.55. The van der Waals surface area contributed by atoms with Gasteiger partial charge in [0.2, 0.25) is 5.96 Å². The van der Waals surface area contributed by atoms with Crippen LogP contribution in [0.5, 0.6) is 0 Å². The van der Waals surface area contributed by atoms with Gasteiger partial charge in [0.25, 0.3) is 0 Å². The van der Waals surface area contributed by atoms with Crippen molar-refractivity contribution in [3.05, 3.63) is 34.3 Å². The minimum Gasteiger partial charge on any atom is -0.368 e. The first kappa shape index (κ1) is 11.4. The molecule has 0 amide bonds. The highest BCUT2D eigenvalue weighted by atomic mass is 79.9. The lowest BCUT2D eigenvalue weighted by atomic mass is 9.94. The van der Waals surface area contributed by atoms with Gasteiger partial charge in [-0.3, -0.25) is 4.84 Å². The molecule has 86 valence electrons. The lowest BCUT2D eigenvalue weighted by molar-refractivity contribution is -0.0664. The van der Waals surface area contributed by atoms with E-state index in [1.807, 2.05) is 25.1 Å². The van der Waals surface area contributed by atoms with E-state index >= 15 is 0 Å². The average molecular weight is 284 g/mol. The summed E-state index contributed by atoms with van der Waals surface area (Å²) in [7, 11) is 1.59. The van der Waals surface area contributed by atoms with Gasteiger partial charge in [-0.2, -0.15) is 0 Å². The first-order valence-electron chi connectivity index (χ1n) is 4.98. The van der Waals surface area contributed by atoms with Crippen LogP contribution in [-0.4, -0.2) is 24.7 Å². The standard InChI is InChI=1S/C11H14BrN3O/c1-11(7-15(16-2)10(13)14-11)8-4-3-5-9(12)6-8/h3-6H,7H2,1-2H3,(H2,13,14). The van der Waals surface area contributed by atoms with Crippen LogP contribution in [0.4, 0.5) is 0 Å². The molecule has 2 N–H and O–H groups in total. The maximum absolute atomic E-state index is 5.78. The fourth-order valence-electron chi connectivity index (χ4n) is 1.84. The van der Waals surface area contributed by atoms with Crippen LogP contribution in [0.2, 0.25) is 0 Å². The number of nitrogens with two attached hydrogens (primary N) is 1. The zero-order valence-corrected chi connectivity index (χ0v) is 10.9. The van der Waals surface area contributed by atoms with Crippen molar-refractivity contribution in [2.45, 2.75) is 12.5 Å². The van der Waals surface area contributed by atoms with Gasteiger partial charge in [0.05, 0.1) is 13.7 Å². The predicted octanol–water partition coefficient (Wildman–Crippen LogP) is 1.86. The van der Waals surface area contributed by atoms with E-state index in [0.717, 1.165) is 10.0 Å². The molecule has 0 saturated heterocycles. The summed E-state index contributed by atoms with van der Waals surface area (Å²) in [6.45, 7) is 2.67. The Morgan fingerprint density at radius 2 is 2.31 bits per heavy atom. The molecule has 5 heteroatoms. The van der Waals surface area contributed by atoms with Gasteiger partial charge in [-0.1, -0.05) is 28.1 Å². The number of hydrogen-bond acceptors (Lipinski definition) is 4. The highest BCUT2D eigenvalue weighted by Gasteiger charge is 2.36. The van der Waals surface area contributed by atoms with Crippen molar-refractivity contribution >= 4 is 21.9 Å². The van der Waals surface area contributed by atoms with Crippen LogP contribution in [0, 0.1) is 0 Å². The van der Waals surface area contributed by atoms with Crippen LogP contribution in [0.15, 0.2) is 33.7 Å². The molecule has 1 aliphatic heterocycles. The monoisotopic (exact) mass is 283 g/mol. The maximum atomic E-state index is 5.78. The van der Waals surface area contributed by atoms with Gasteiger partial charge in [0.1, 0.15) is 5.54 Å². The van der Waals surface area contributed by atoms with Gasteiger partial charge in [0.15, 0.2) is 0 Å². The molecule has 1 aromatic rings. The molecule has 4 nitrogen and oxygen atoms in total. The second kappa shape index (κ2) is 4.07. The van der Waals surface area contributed by atoms with E-state index in [1.54, 1.807) is 12.2 Å². The summed E-state index contributed by atoms with van der Waals surface area (Å²) in [5, 5.41) is 1.60. The number of guanidine groups is 1. The van der Waals surface area contributed by atoms with Crippen LogP contribution in [0.25, 0.3) is 0 Å². The number of rotatable bonds is 2. The van der Waals surface area contributed by atoms with Crippen molar-refractivity contribution in [1.29, 1.82) is 0 Å². The third-order valence-electron chi connectivity index (χ3n) is 2.74. The van der Waals surface area contributed by atoms with E-state index in [2.05, 4.69) is 27.0 Å². The van der Waals surface area contributed by atoms with Gasteiger partial charge < -0.3 is 5.73 Å². The first-order chi connectivity index (χ1) is 7.55. The van der Waals surface area contributed by atoms with Gasteiger partial charge in [0, 0.05) is 4.47 Å². The minimum absolute atomic E-state index is 0.343. The Balaban J connectivity index is 2.35. The summed E-state index contributed by atoms with van der Waals surface area (Å²) >= 11 is 3.46. The molecule has 16 heavy (non-hydrogen) atoms. The molecule has 0 aromatic heterocycles. The number of hydrogen-bond donors (Lipinski definition) is 1. The third-order valence-corrected chi connectivity index (χ3v) is 3.23. The summed E-state index contributed by atoms with van der Waals surface area (Å²) in [6, 6.07) is 8.07. The summed E-state index contributed by atoms with van der Waals surface area (Å²) in [5.74, 6) is 0.421. The van der Waals surface area contributed by atoms with E-state index in [9.17, 15) is 0 Å². The topological polar surface area (TPSA) is 50.8 Å². The van der Waals surface area contributed by atoms with E-state index < -0.39 is 0 Å². The Labute approximate surface area is 103 Å². The van der Waals surface area contributed by atoms with E-state index in [1.165, 1.54) is 0 Å². The molecule has 0 aliphatic carbocycles. The number of benzene rings is 1. The Morgan fingerprint density at radius 1 is 1.56 bits per heavy atom. The van der Waals surface area contributed by atoms with Gasteiger partial charge in [-0.25, -0.2) is 10.1 Å². The molecule has 0 saturated carbocycles. The van der Waals surface area contributed by atoms with E-state index in [0.29, 0.717) is 12.5 Å². The smallest absolute Gasteiger partial charge is 0.216 e.